The summed E-state index contributed by atoms with van der Waals surface area (Å²) in [5, 5.41) is 0. The summed E-state index contributed by atoms with van der Waals surface area (Å²) in [6, 6.07) is 21.1. The van der Waals surface area contributed by atoms with Gasteiger partial charge in [0.25, 0.3) is 10.0 Å². The van der Waals surface area contributed by atoms with Crippen LogP contribution in [0.2, 0.25) is 0 Å². The predicted octanol–water partition coefficient (Wildman–Crippen LogP) is 3.74. The van der Waals surface area contributed by atoms with Crippen molar-refractivity contribution in [3.05, 3.63) is 78.9 Å². The molecule has 0 unspecified atom stereocenters. The molecule has 0 amide bonds. The van der Waals surface area contributed by atoms with Crippen LogP contribution in [0.25, 0.3) is 0 Å². The zero-order chi connectivity index (χ0) is 22.1. The van der Waals surface area contributed by atoms with Gasteiger partial charge in [-0.3, -0.25) is 4.31 Å². The molecule has 1 N–H and O–H groups in total. The van der Waals surface area contributed by atoms with Crippen LogP contribution < -0.4 is 13.8 Å². The lowest BCUT2D eigenvalue weighted by atomic mass is 10.3. The second-order valence-electron chi connectivity index (χ2n) is 7.22. The van der Waals surface area contributed by atoms with Crippen LogP contribution in [0.5, 0.6) is 11.5 Å². The minimum Gasteiger partial charge on any atom is -0.455 e. The molecule has 9 heteroatoms. The van der Waals surface area contributed by atoms with Crippen molar-refractivity contribution < 1.29 is 21.6 Å². The highest BCUT2D eigenvalue weighted by Gasteiger charge is 2.29. The fraction of sp³-hybridized carbons (Fsp3) is 0.182. The topological polar surface area (TPSA) is 92.8 Å². The Morgan fingerprint density at radius 2 is 1.39 bits per heavy atom. The number of rotatable bonds is 8. The highest BCUT2D eigenvalue weighted by Crippen LogP contribution is 2.34. The molecule has 0 atom stereocenters. The van der Waals surface area contributed by atoms with Gasteiger partial charge in [0.1, 0.15) is 5.75 Å². The largest absolute Gasteiger partial charge is 0.455 e. The minimum absolute atomic E-state index is 0.0186. The molecule has 4 rings (SSSR count). The molecule has 3 aromatic rings. The van der Waals surface area contributed by atoms with Crippen molar-refractivity contribution in [3.8, 4) is 11.5 Å². The van der Waals surface area contributed by atoms with Gasteiger partial charge in [0, 0.05) is 13.1 Å². The van der Waals surface area contributed by atoms with E-state index in [2.05, 4.69) is 4.72 Å². The second kappa shape index (κ2) is 8.33. The molecule has 0 heterocycles. The number of hydrogen-bond donors (Lipinski definition) is 1. The van der Waals surface area contributed by atoms with Crippen LogP contribution in [0.15, 0.2) is 88.7 Å². The number of hydrogen-bond acceptors (Lipinski definition) is 5. The summed E-state index contributed by atoms with van der Waals surface area (Å²) in [5.41, 5.74) is 0.360. The van der Waals surface area contributed by atoms with E-state index in [1.165, 1.54) is 31.3 Å². The number of nitrogens with zero attached hydrogens (tertiary/aromatic N) is 1. The summed E-state index contributed by atoms with van der Waals surface area (Å²) in [6.07, 6.45) is 1.64. The number of nitrogens with one attached hydrogen (secondary N) is 1. The number of para-hydroxylation sites is 3. The third-order valence-electron chi connectivity index (χ3n) is 4.87. The van der Waals surface area contributed by atoms with E-state index < -0.39 is 20.0 Å². The molecule has 0 aromatic heterocycles. The maximum Gasteiger partial charge on any atom is 0.264 e. The fourth-order valence-electron chi connectivity index (χ4n) is 2.99. The molecule has 0 bridgehead atoms. The van der Waals surface area contributed by atoms with Gasteiger partial charge < -0.3 is 4.74 Å². The minimum atomic E-state index is -3.94. The Bertz CT molecular complexity index is 1270. The maximum atomic E-state index is 13.2. The zero-order valence-corrected chi connectivity index (χ0v) is 18.4. The van der Waals surface area contributed by atoms with Gasteiger partial charge in [-0.05, 0) is 61.4 Å². The molecule has 31 heavy (non-hydrogen) atoms. The van der Waals surface area contributed by atoms with E-state index in [1.807, 2.05) is 18.2 Å². The molecule has 1 aliphatic carbocycles. The fourth-order valence-corrected chi connectivity index (χ4v) is 5.50. The van der Waals surface area contributed by atoms with Crippen LogP contribution in [0.4, 0.5) is 5.69 Å². The molecule has 1 fully saturated rings. The van der Waals surface area contributed by atoms with Crippen molar-refractivity contribution in [2.75, 3.05) is 11.4 Å². The summed E-state index contributed by atoms with van der Waals surface area (Å²) in [7, 11) is -6.16. The SMILES string of the molecule is CN(c1ccccc1Oc1ccccc1)S(=O)(=O)c1ccc(S(=O)(=O)NC2CC2)cc1. The third kappa shape index (κ3) is 4.73. The van der Waals surface area contributed by atoms with Crippen LogP contribution in [-0.4, -0.2) is 29.9 Å². The van der Waals surface area contributed by atoms with E-state index in [1.54, 1.807) is 36.4 Å². The zero-order valence-electron chi connectivity index (χ0n) is 16.8. The monoisotopic (exact) mass is 458 g/mol. The van der Waals surface area contributed by atoms with E-state index >= 15 is 0 Å². The summed E-state index contributed by atoms with van der Waals surface area (Å²) in [4.78, 5) is 0.0173. The number of ether oxygens (including phenoxy) is 1. The summed E-state index contributed by atoms with van der Waals surface area (Å²) < 4.78 is 60.6. The van der Waals surface area contributed by atoms with E-state index in [0.717, 1.165) is 17.1 Å². The van der Waals surface area contributed by atoms with Crippen molar-refractivity contribution >= 4 is 25.7 Å². The van der Waals surface area contributed by atoms with E-state index in [9.17, 15) is 16.8 Å². The van der Waals surface area contributed by atoms with Crippen LogP contribution in [-0.2, 0) is 20.0 Å². The van der Waals surface area contributed by atoms with Gasteiger partial charge in [-0.1, -0.05) is 30.3 Å². The molecule has 7 nitrogen and oxygen atoms in total. The first-order chi connectivity index (χ1) is 14.8. The van der Waals surface area contributed by atoms with Gasteiger partial charge in [-0.25, -0.2) is 21.6 Å². The lowest BCUT2D eigenvalue weighted by Crippen LogP contribution is -2.27. The Morgan fingerprint density at radius 3 is 2.03 bits per heavy atom. The second-order valence-corrected chi connectivity index (χ2v) is 10.9. The molecule has 1 aliphatic rings. The van der Waals surface area contributed by atoms with Gasteiger partial charge in [0.2, 0.25) is 10.0 Å². The van der Waals surface area contributed by atoms with Crippen LogP contribution >= 0.6 is 0 Å². The molecule has 0 saturated heterocycles. The lowest BCUT2D eigenvalue weighted by Gasteiger charge is -2.22. The molecule has 1 saturated carbocycles. The first-order valence-electron chi connectivity index (χ1n) is 9.71. The van der Waals surface area contributed by atoms with Gasteiger partial charge in [0.05, 0.1) is 15.5 Å². The molecule has 0 spiro atoms. The van der Waals surface area contributed by atoms with Crippen molar-refractivity contribution in [1.82, 2.24) is 4.72 Å². The molecule has 162 valence electrons. The normalized spacial score (nSPS) is 14.2. The van der Waals surface area contributed by atoms with E-state index in [-0.39, 0.29) is 15.8 Å². The molecular weight excluding hydrogens is 436 g/mol. The smallest absolute Gasteiger partial charge is 0.264 e. The van der Waals surface area contributed by atoms with Crippen molar-refractivity contribution in [2.24, 2.45) is 0 Å². The molecular formula is C22H22N2O5S2. The summed E-state index contributed by atoms with van der Waals surface area (Å²) in [5.74, 6) is 0.964. The lowest BCUT2D eigenvalue weighted by molar-refractivity contribution is 0.483. The van der Waals surface area contributed by atoms with Gasteiger partial charge in [0.15, 0.2) is 5.75 Å². The summed E-state index contributed by atoms with van der Waals surface area (Å²) >= 11 is 0. The Hall–Kier alpha value is -2.88. The van der Waals surface area contributed by atoms with E-state index in [0.29, 0.717) is 17.2 Å². The maximum absolute atomic E-state index is 13.2. The number of sulfonamides is 2. The van der Waals surface area contributed by atoms with Crippen LogP contribution in [0.1, 0.15) is 12.8 Å². The third-order valence-corrected chi connectivity index (χ3v) is 8.19. The Labute approximate surface area is 182 Å². The van der Waals surface area contributed by atoms with Crippen LogP contribution in [0.3, 0.4) is 0 Å². The average molecular weight is 459 g/mol. The highest BCUT2D eigenvalue weighted by molar-refractivity contribution is 7.92. The number of benzene rings is 3. The Balaban J connectivity index is 1.60. The molecule has 0 radical (unpaired) electrons. The average Bonchev–Trinajstić information content (AvgIpc) is 3.58. The first-order valence-corrected chi connectivity index (χ1v) is 12.6. The first kappa shape index (κ1) is 21.4. The summed E-state index contributed by atoms with van der Waals surface area (Å²) in [6.45, 7) is 0. The molecule has 0 aliphatic heterocycles. The quantitative estimate of drug-likeness (QED) is 0.555. The Morgan fingerprint density at radius 1 is 0.806 bits per heavy atom. The van der Waals surface area contributed by atoms with E-state index in [4.69, 9.17) is 4.74 Å². The van der Waals surface area contributed by atoms with Crippen molar-refractivity contribution in [1.29, 1.82) is 0 Å². The van der Waals surface area contributed by atoms with Gasteiger partial charge in [-0.15, -0.1) is 0 Å². The highest BCUT2D eigenvalue weighted by atomic mass is 32.2. The van der Waals surface area contributed by atoms with Crippen LogP contribution in [0, 0.1) is 0 Å². The standard InChI is InChI=1S/C22H22N2O5S2/c1-24(21-9-5-6-10-22(21)29-18-7-3-2-4-8-18)31(27,28)20-15-13-19(14-16-20)30(25,26)23-17-11-12-17/h2-10,13-17,23H,11-12H2,1H3. The van der Waals surface area contributed by atoms with Crippen molar-refractivity contribution in [3.63, 3.8) is 0 Å². The van der Waals surface area contributed by atoms with Gasteiger partial charge in [-0.2, -0.15) is 0 Å². The predicted molar refractivity (Wildman–Crippen MR) is 118 cm³/mol. The molecule has 3 aromatic carbocycles. The Kier molecular flexibility index (Phi) is 5.74. The number of anilines is 1. The van der Waals surface area contributed by atoms with Gasteiger partial charge >= 0.3 is 0 Å². The van der Waals surface area contributed by atoms with Crippen molar-refractivity contribution in [2.45, 2.75) is 28.7 Å².